The van der Waals surface area contributed by atoms with Crippen LogP contribution in [-0.4, -0.2) is 58.0 Å². The molecule has 0 radical (unpaired) electrons. The quantitative estimate of drug-likeness (QED) is 0.195. The van der Waals surface area contributed by atoms with Gasteiger partial charge in [-0.05, 0) is 107 Å². The summed E-state index contributed by atoms with van der Waals surface area (Å²) in [5, 5.41) is 10.9. The summed E-state index contributed by atoms with van der Waals surface area (Å²) in [5.41, 5.74) is 8.76. The van der Waals surface area contributed by atoms with Crippen molar-refractivity contribution in [3.05, 3.63) is 102 Å². The molecule has 3 aromatic heterocycles. The van der Waals surface area contributed by atoms with E-state index in [1.165, 1.54) is 18.5 Å². The number of fused-ring (bicyclic) bond motifs is 3. The van der Waals surface area contributed by atoms with Crippen molar-refractivity contribution in [3.8, 4) is 0 Å². The summed E-state index contributed by atoms with van der Waals surface area (Å²) < 4.78 is 0. The summed E-state index contributed by atoms with van der Waals surface area (Å²) in [6, 6.07) is 25.0. The van der Waals surface area contributed by atoms with Gasteiger partial charge in [0.15, 0.2) is 0 Å². The van der Waals surface area contributed by atoms with Gasteiger partial charge in [0.05, 0.1) is 17.4 Å². The fraction of sp³-hybridized carbons (Fsp3) is 0.257. The van der Waals surface area contributed by atoms with Gasteiger partial charge in [-0.15, -0.1) is 0 Å². The number of nitrogens with one attached hydrogen (secondary N) is 3. The molecule has 0 unspecified atom stereocenters. The molecule has 5 aromatic rings. The minimum absolute atomic E-state index is 0.266. The largest absolute Gasteiger partial charge is 0.368 e. The standard InChI is InChI=1S/C35H36N8O/c1-22-16-26(14-15-36-22)39-24-4-6-25(7-5-24)41-35(44)33-12-8-27(19-37-33)40-34-17-23(2)38-32-13-11-28(18-31(32)34)43-20-29-9-10-30(21-43)42(29)3/h4-8,11-19,29-30H,9-10,20-21H2,1-3H3,(H,36,39)(H,38,40)(H,41,44)/t29-,30+. The molecule has 44 heavy (non-hydrogen) atoms. The van der Waals surface area contributed by atoms with Gasteiger partial charge in [-0.25, -0.2) is 4.98 Å². The zero-order valence-electron chi connectivity index (χ0n) is 25.2. The third kappa shape index (κ3) is 5.78. The van der Waals surface area contributed by atoms with Crippen LogP contribution >= 0.6 is 0 Å². The first-order chi connectivity index (χ1) is 21.4. The van der Waals surface area contributed by atoms with Crippen LogP contribution in [0.15, 0.2) is 85.2 Å². The van der Waals surface area contributed by atoms with E-state index in [4.69, 9.17) is 4.98 Å². The van der Waals surface area contributed by atoms with Crippen LogP contribution in [-0.2, 0) is 0 Å². The molecule has 2 fully saturated rings. The minimum Gasteiger partial charge on any atom is -0.368 e. The van der Waals surface area contributed by atoms with Gasteiger partial charge in [-0.1, -0.05) is 0 Å². The van der Waals surface area contributed by atoms with Gasteiger partial charge in [0.2, 0.25) is 0 Å². The first-order valence-corrected chi connectivity index (χ1v) is 15.1. The third-order valence-electron chi connectivity index (χ3n) is 8.74. The molecule has 2 bridgehead atoms. The predicted molar refractivity (Wildman–Crippen MR) is 177 cm³/mol. The number of piperazine rings is 1. The number of amides is 1. The maximum Gasteiger partial charge on any atom is 0.274 e. The average molecular weight is 585 g/mol. The van der Waals surface area contributed by atoms with E-state index in [2.05, 4.69) is 67.0 Å². The summed E-state index contributed by atoms with van der Waals surface area (Å²) in [4.78, 5) is 31.5. The molecule has 0 aliphatic carbocycles. The number of anilines is 6. The Labute approximate surface area is 257 Å². The molecule has 5 heterocycles. The molecule has 2 aliphatic rings. The molecule has 1 amide bonds. The van der Waals surface area contributed by atoms with Crippen LogP contribution < -0.4 is 20.9 Å². The molecule has 2 aromatic carbocycles. The molecule has 2 aliphatic heterocycles. The number of hydrogen-bond donors (Lipinski definition) is 3. The number of hydrogen-bond acceptors (Lipinski definition) is 8. The van der Waals surface area contributed by atoms with Gasteiger partial charge < -0.3 is 20.9 Å². The van der Waals surface area contributed by atoms with Crippen LogP contribution in [0.4, 0.5) is 34.1 Å². The molecular weight excluding hydrogens is 548 g/mol. The van der Waals surface area contributed by atoms with E-state index < -0.39 is 0 Å². The monoisotopic (exact) mass is 584 g/mol. The van der Waals surface area contributed by atoms with Crippen LogP contribution in [0.3, 0.4) is 0 Å². The van der Waals surface area contributed by atoms with E-state index in [1.807, 2.05) is 56.3 Å². The second-order valence-corrected chi connectivity index (χ2v) is 11.9. The van der Waals surface area contributed by atoms with Crippen molar-refractivity contribution < 1.29 is 4.79 Å². The number of carbonyl (C=O) groups is 1. The maximum absolute atomic E-state index is 12.9. The highest BCUT2D eigenvalue weighted by Gasteiger charge is 2.37. The highest BCUT2D eigenvalue weighted by molar-refractivity contribution is 6.03. The molecule has 222 valence electrons. The molecule has 2 saturated heterocycles. The smallest absolute Gasteiger partial charge is 0.274 e. The number of aryl methyl sites for hydroxylation is 2. The van der Waals surface area contributed by atoms with Crippen molar-refractivity contribution in [2.24, 2.45) is 0 Å². The Hall–Kier alpha value is -5.02. The fourth-order valence-corrected chi connectivity index (χ4v) is 6.35. The SMILES string of the molecule is Cc1cc(Nc2ccc(NC(=O)c3ccc(Nc4cc(C)nc5ccc(N6C[C@H]7CC[C@@H](C6)N7C)cc45)cn3)cc2)ccn1. The molecule has 0 saturated carbocycles. The number of likely N-dealkylation sites (N-methyl/N-ethyl adjacent to an activating group) is 1. The Balaban J connectivity index is 1.03. The molecule has 9 nitrogen and oxygen atoms in total. The number of benzene rings is 2. The van der Waals surface area contributed by atoms with Crippen molar-refractivity contribution in [1.82, 2.24) is 19.9 Å². The van der Waals surface area contributed by atoms with Gasteiger partial charge in [0, 0.05) is 76.6 Å². The van der Waals surface area contributed by atoms with Gasteiger partial charge >= 0.3 is 0 Å². The van der Waals surface area contributed by atoms with E-state index in [-0.39, 0.29) is 5.91 Å². The maximum atomic E-state index is 12.9. The van der Waals surface area contributed by atoms with E-state index in [9.17, 15) is 4.79 Å². The van der Waals surface area contributed by atoms with Crippen molar-refractivity contribution in [2.75, 3.05) is 41.0 Å². The molecule has 0 spiro atoms. The van der Waals surface area contributed by atoms with Crippen molar-refractivity contribution in [2.45, 2.75) is 38.8 Å². The van der Waals surface area contributed by atoms with Crippen molar-refractivity contribution >= 4 is 50.9 Å². The Bertz CT molecular complexity index is 1810. The van der Waals surface area contributed by atoms with E-state index in [0.29, 0.717) is 23.5 Å². The summed E-state index contributed by atoms with van der Waals surface area (Å²) in [5.74, 6) is -0.266. The lowest BCUT2D eigenvalue weighted by Gasteiger charge is -2.40. The van der Waals surface area contributed by atoms with Crippen LogP contribution in [0.5, 0.6) is 0 Å². The zero-order chi connectivity index (χ0) is 30.2. The number of carbonyl (C=O) groups excluding carboxylic acids is 1. The predicted octanol–water partition coefficient (Wildman–Crippen LogP) is 6.66. The van der Waals surface area contributed by atoms with Gasteiger partial charge in [0.1, 0.15) is 5.69 Å². The molecule has 2 atom stereocenters. The summed E-state index contributed by atoms with van der Waals surface area (Å²) in [7, 11) is 2.26. The van der Waals surface area contributed by atoms with Gasteiger partial charge in [0.25, 0.3) is 5.91 Å². The lowest BCUT2D eigenvalue weighted by Crippen LogP contribution is -2.52. The second-order valence-electron chi connectivity index (χ2n) is 11.9. The van der Waals surface area contributed by atoms with E-state index in [0.717, 1.165) is 58.1 Å². The topological polar surface area (TPSA) is 98.3 Å². The van der Waals surface area contributed by atoms with Crippen LogP contribution in [0.25, 0.3) is 10.9 Å². The second kappa shape index (κ2) is 11.6. The van der Waals surface area contributed by atoms with Crippen molar-refractivity contribution in [1.29, 1.82) is 0 Å². The highest BCUT2D eigenvalue weighted by atomic mass is 16.1. The summed E-state index contributed by atoms with van der Waals surface area (Å²) >= 11 is 0. The molecular formula is C35H36N8O. The Morgan fingerprint density at radius 3 is 2.25 bits per heavy atom. The molecule has 3 N–H and O–H groups in total. The number of pyridine rings is 3. The highest BCUT2D eigenvalue weighted by Crippen LogP contribution is 2.34. The average Bonchev–Trinajstić information content (AvgIpc) is 3.21. The Kier molecular flexibility index (Phi) is 7.31. The number of nitrogens with zero attached hydrogens (tertiary/aromatic N) is 5. The van der Waals surface area contributed by atoms with Crippen molar-refractivity contribution in [3.63, 3.8) is 0 Å². The normalized spacial score (nSPS) is 17.9. The Morgan fingerprint density at radius 1 is 0.773 bits per heavy atom. The van der Waals surface area contributed by atoms with Crippen LogP contribution in [0.2, 0.25) is 0 Å². The van der Waals surface area contributed by atoms with E-state index in [1.54, 1.807) is 18.5 Å². The zero-order valence-corrected chi connectivity index (χ0v) is 25.2. The fourth-order valence-electron chi connectivity index (χ4n) is 6.35. The van der Waals surface area contributed by atoms with Crippen LogP contribution in [0.1, 0.15) is 34.7 Å². The Morgan fingerprint density at radius 2 is 1.52 bits per heavy atom. The summed E-state index contributed by atoms with van der Waals surface area (Å²) in [6.07, 6.45) is 6.02. The lowest BCUT2D eigenvalue weighted by atomic mass is 10.1. The van der Waals surface area contributed by atoms with Gasteiger partial charge in [-0.3, -0.25) is 19.7 Å². The molecule has 7 rings (SSSR count). The first-order valence-electron chi connectivity index (χ1n) is 15.1. The minimum atomic E-state index is -0.266. The van der Waals surface area contributed by atoms with Crippen LogP contribution in [0, 0.1) is 13.8 Å². The van der Waals surface area contributed by atoms with E-state index >= 15 is 0 Å². The summed E-state index contributed by atoms with van der Waals surface area (Å²) in [6.45, 7) is 6.07. The van der Waals surface area contributed by atoms with Gasteiger partial charge in [-0.2, -0.15) is 0 Å². The number of rotatable bonds is 7. The molecule has 9 heteroatoms. The third-order valence-corrected chi connectivity index (χ3v) is 8.74. The number of aromatic nitrogens is 3. The first kappa shape index (κ1) is 27.8. The lowest BCUT2D eigenvalue weighted by molar-refractivity contribution is 0.102.